The number of ether oxygens (including phenoxy) is 2. The molecule has 0 aromatic heterocycles. The van der Waals surface area contributed by atoms with Gasteiger partial charge < -0.3 is 9.47 Å². The first-order valence-electron chi connectivity index (χ1n) is 6.36. The summed E-state index contributed by atoms with van der Waals surface area (Å²) in [5, 5.41) is 0. The van der Waals surface area contributed by atoms with Gasteiger partial charge in [0, 0.05) is 48.6 Å². The van der Waals surface area contributed by atoms with Crippen LogP contribution in [-0.2, 0) is 9.59 Å². The number of esters is 2. The normalized spacial score (nSPS) is 10.7. The van der Waals surface area contributed by atoms with E-state index in [1.165, 1.54) is 0 Å². The fraction of sp³-hybridized carbons (Fsp3) is 0. The summed E-state index contributed by atoms with van der Waals surface area (Å²) < 4.78 is 60.8. The fourth-order valence-corrected chi connectivity index (χ4v) is 1.61. The second kappa shape index (κ2) is 7.40. The molecule has 0 spiro atoms. The standard InChI is InChI=1S/C16H8F4O4/c17-9-3-10(18)6-13(5-9)23-15(21)1-2-16(22)24-14-7-11(19)4-12(20)8-14/h1-8H/b2-1+. The van der Waals surface area contributed by atoms with Gasteiger partial charge in [0.05, 0.1) is 0 Å². The first-order valence-corrected chi connectivity index (χ1v) is 6.36. The van der Waals surface area contributed by atoms with Crippen LogP contribution in [0.25, 0.3) is 0 Å². The molecule has 0 saturated heterocycles. The molecule has 2 rings (SSSR count). The molecule has 0 saturated carbocycles. The SMILES string of the molecule is O=C(/C=C/C(=O)Oc1cc(F)cc(F)c1)Oc1cc(F)cc(F)c1. The lowest BCUT2D eigenvalue weighted by molar-refractivity contribution is -0.131. The smallest absolute Gasteiger partial charge is 0.336 e. The summed E-state index contributed by atoms with van der Waals surface area (Å²) >= 11 is 0. The summed E-state index contributed by atoms with van der Waals surface area (Å²) in [7, 11) is 0. The number of carbonyl (C=O) groups is 2. The molecule has 0 radical (unpaired) electrons. The Bertz CT molecular complexity index is 710. The Labute approximate surface area is 132 Å². The molecule has 0 atom stereocenters. The topological polar surface area (TPSA) is 52.6 Å². The Morgan fingerprint density at radius 3 is 1.21 bits per heavy atom. The van der Waals surface area contributed by atoms with Gasteiger partial charge >= 0.3 is 11.9 Å². The van der Waals surface area contributed by atoms with Crippen molar-refractivity contribution in [1.29, 1.82) is 0 Å². The van der Waals surface area contributed by atoms with Crippen LogP contribution in [0.2, 0.25) is 0 Å². The third kappa shape index (κ3) is 5.24. The summed E-state index contributed by atoms with van der Waals surface area (Å²) in [4.78, 5) is 22.8. The van der Waals surface area contributed by atoms with Gasteiger partial charge in [0.1, 0.15) is 34.8 Å². The van der Waals surface area contributed by atoms with Crippen molar-refractivity contribution in [3.05, 3.63) is 71.8 Å². The number of carbonyl (C=O) groups excluding carboxylic acids is 2. The highest BCUT2D eigenvalue weighted by atomic mass is 19.1. The van der Waals surface area contributed by atoms with Crippen LogP contribution in [0.15, 0.2) is 48.6 Å². The Morgan fingerprint density at radius 1 is 0.625 bits per heavy atom. The molecule has 0 heterocycles. The van der Waals surface area contributed by atoms with Crippen molar-refractivity contribution in [2.45, 2.75) is 0 Å². The average molecular weight is 340 g/mol. The van der Waals surface area contributed by atoms with Gasteiger partial charge in [-0.1, -0.05) is 0 Å². The van der Waals surface area contributed by atoms with Crippen molar-refractivity contribution in [2.24, 2.45) is 0 Å². The van der Waals surface area contributed by atoms with E-state index in [1.807, 2.05) is 0 Å². The molecule has 2 aromatic rings. The van der Waals surface area contributed by atoms with Crippen LogP contribution in [0.3, 0.4) is 0 Å². The van der Waals surface area contributed by atoms with E-state index in [1.54, 1.807) is 0 Å². The van der Waals surface area contributed by atoms with Gasteiger partial charge in [0.25, 0.3) is 0 Å². The van der Waals surface area contributed by atoms with Gasteiger partial charge in [-0.15, -0.1) is 0 Å². The molecule has 0 unspecified atom stereocenters. The van der Waals surface area contributed by atoms with E-state index in [4.69, 9.17) is 0 Å². The molecule has 0 fully saturated rings. The molecule has 4 nitrogen and oxygen atoms in total. The molecule has 24 heavy (non-hydrogen) atoms. The van der Waals surface area contributed by atoms with E-state index >= 15 is 0 Å². The Balaban J connectivity index is 1.96. The zero-order valence-electron chi connectivity index (χ0n) is 11.8. The maximum absolute atomic E-state index is 12.9. The van der Waals surface area contributed by atoms with Crippen molar-refractivity contribution in [3.8, 4) is 11.5 Å². The van der Waals surface area contributed by atoms with Crippen molar-refractivity contribution in [3.63, 3.8) is 0 Å². The summed E-state index contributed by atoms with van der Waals surface area (Å²) in [5.74, 6) is -6.82. The third-order valence-corrected chi connectivity index (χ3v) is 2.46. The van der Waals surface area contributed by atoms with Gasteiger partial charge in [-0.25, -0.2) is 27.2 Å². The minimum absolute atomic E-state index is 0.400. The van der Waals surface area contributed by atoms with Crippen LogP contribution in [0.1, 0.15) is 0 Å². The molecule has 0 N–H and O–H groups in total. The molecule has 0 aliphatic heterocycles. The highest BCUT2D eigenvalue weighted by Gasteiger charge is 2.08. The third-order valence-electron chi connectivity index (χ3n) is 2.46. The Kier molecular flexibility index (Phi) is 5.31. The molecule has 0 amide bonds. The molecular weight excluding hydrogens is 332 g/mol. The monoisotopic (exact) mass is 340 g/mol. The Hall–Kier alpha value is -3.16. The van der Waals surface area contributed by atoms with Gasteiger partial charge in [0.15, 0.2) is 0 Å². The number of benzene rings is 2. The summed E-state index contributed by atoms with van der Waals surface area (Å²) in [6.45, 7) is 0. The zero-order chi connectivity index (χ0) is 17.7. The molecule has 0 aliphatic carbocycles. The predicted molar refractivity (Wildman–Crippen MR) is 73.1 cm³/mol. The van der Waals surface area contributed by atoms with E-state index in [2.05, 4.69) is 9.47 Å². The number of halogens is 4. The van der Waals surface area contributed by atoms with Crippen LogP contribution in [0.5, 0.6) is 11.5 Å². The van der Waals surface area contributed by atoms with Gasteiger partial charge in [-0.05, 0) is 0 Å². The van der Waals surface area contributed by atoms with Crippen molar-refractivity contribution < 1.29 is 36.6 Å². The zero-order valence-corrected chi connectivity index (χ0v) is 11.8. The molecule has 2 aromatic carbocycles. The van der Waals surface area contributed by atoms with E-state index in [0.29, 0.717) is 24.3 Å². The fourth-order valence-electron chi connectivity index (χ4n) is 1.61. The molecular formula is C16H8F4O4. The largest absolute Gasteiger partial charge is 0.423 e. The highest BCUT2D eigenvalue weighted by molar-refractivity contribution is 5.93. The van der Waals surface area contributed by atoms with Crippen molar-refractivity contribution >= 4 is 11.9 Å². The second-order valence-electron chi connectivity index (χ2n) is 4.39. The van der Waals surface area contributed by atoms with E-state index in [0.717, 1.165) is 24.3 Å². The molecule has 0 bridgehead atoms. The first kappa shape index (κ1) is 17.2. The van der Waals surface area contributed by atoms with E-state index in [9.17, 15) is 27.2 Å². The lowest BCUT2D eigenvalue weighted by atomic mass is 10.3. The number of rotatable bonds is 4. The minimum atomic E-state index is -1.11. The number of hydrogen-bond donors (Lipinski definition) is 0. The quantitative estimate of drug-likeness (QED) is 0.371. The Morgan fingerprint density at radius 2 is 0.917 bits per heavy atom. The number of hydrogen-bond acceptors (Lipinski definition) is 4. The van der Waals surface area contributed by atoms with E-state index in [-0.39, 0.29) is 0 Å². The van der Waals surface area contributed by atoms with Crippen LogP contribution >= 0.6 is 0 Å². The maximum atomic E-state index is 12.9. The van der Waals surface area contributed by atoms with Crippen LogP contribution in [0.4, 0.5) is 17.6 Å². The van der Waals surface area contributed by atoms with Crippen LogP contribution in [0, 0.1) is 23.3 Å². The lowest BCUT2D eigenvalue weighted by Gasteiger charge is -2.02. The summed E-state index contributed by atoms with van der Waals surface area (Å²) in [6.07, 6.45) is 1.25. The summed E-state index contributed by atoms with van der Waals surface area (Å²) in [5.41, 5.74) is 0. The lowest BCUT2D eigenvalue weighted by Crippen LogP contribution is -2.08. The van der Waals surface area contributed by atoms with Crippen molar-refractivity contribution in [2.75, 3.05) is 0 Å². The van der Waals surface area contributed by atoms with E-state index < -0.39 is 46.7 Å². The highest BCUT2D eigenvalue weighted by Crippen LogP contribution is 2.16. The average Bonchev–Trinajstić information content (AvgIpc) is 2.42. The van der Waals surface area contributed by atoms with Gasteiger partial charge in [-0.3, -0.25) is 0 Å². The second-order valence-corrected chi connectivity index (χ2v) is 4.39. The first-order chi connectivity index (χ1) is 11.3. The summed E-state index contributed by atoms with van der Waals surface area (Å²) in [6, 6.07) is 4.24. The predicted octanol–water partition coefficient (Wildman–Crippen LogP) is 3.31. The van der Waals surface area contributed by atoms with Crippen LogP contribution in [-0.4, -0.2) is 11.9 Å². The molecule has 0 aliphatic rings. The van der Waals surface area contributed by atoms with Crippen molar-refractivity contribution in [1.82, 2.24) is 0 Å². The van der Waals surface area contributed by atoms with Crippen LogP contribution < -0.4 is 9.47 Å². The maximum Gasteiger partial charge on any atom is 0.336 e. The molecule has 8 heteroatoms. The molecule has 124 valence electrons. The minimum Gasteiger partial charge on any atom is -0.423 e. The van der Waals surface area contributed by atoms with Gasteiger partial charge in [-0.2, -0.15) is 0 Å². The van der Waals surface area contributed by atoms with Gasteiger partial charge in [0.2, 0.25) is 0 Å².